The third kappa shape index (κ3) is 3.18. The summed E-state index contributed by atoms with van der Waals surface area (Å²) < 4.78 is 1.27. The van der Waals surface area contributed by atoms with Gasteiger partial charge in [0.2, 0.25) is 0 Å². The predicted molar refractivity (Wildman–Crippen MR) is 84.2 cm³/mol. The topological polar surface area (TPSA) is 131 Å². The molecule has 10 nitrogen and oxygen atoms in total. The van der Waals surface area contributed by atoms with Gasteiger partial charge in [-0.05, 0) is 12.0 Å². The maximum Gasteiger partial charge on any atom is 0.308 e. The number of nitrogens with zero attached hydrogens (tertiary/aromatic N) is 5. The molecule has 0 saturated carbocycles. The lowest BCUT2D eigenvalue weighted by Gasteiger charge is -2.13. The first-order valence-electron chi connectivity index (χ1n) is 7.56. The van der Waals surface area contributed by atoms with Gasteiger partial charge in [-0.3, -0.25) is 19.7 Å². The molecule has 0 spiro atoms. The Balaban J connectivity index is 1.80. The van der Waals surface area contributed by atoms with Crippen LogP contribution in [0.25, 0.3) is 5.69 Å². The number of amides is 1. The number of nitro benzene ring substituents is 1. The number of carboxylic acid groups (broad SMARTS) is 1. The minimum Gasteiger partial charge on any atom is -0.481 e. The Kier molecular flexibility index (Phi) is 4.17. The van der Waals surface area contributed by atoms with Crippen LogP contribution < -0.4 is 0 Å². The van der Waals surface area contributed by atoms with Crippen LogP contribution in [0.3, 0.4) is 0 Å². The first-order chi connectivity index (χ1) is 11.9. The van der Waals surface area contributed by atoms with Gasteiger partial charge in [0.25, 0.3) is 11.6 Å². The smallest absolute Gasteiger partial charge is 0.308 e. The average molecular weight is 345 g/mol. The molecule has 1 aromatic carbocycles. The summed E-state index contributed by atoms with van der Waals surface area (Å²) in [5.74, 6) is -2.08. The molecule has 0 bridgehead atoms. The number of benzene rings is 1. The summed E-state index contributed by atoms with van der Waals surface area (Å²) in [7, 11) is 0. The number of aromatic nitrogens is 3. The molecule has 2 heterocycles. The lowest BCUT2D eigenvalue weighted by Crippen LogP contribution is -2.30. The Hall–Kier alpha value is -3.30. The fraction of sp³-hybridized carbons (Fsp3) is 0.333. The van der Waals surface area contributed by atoms with Crippen molar-refractivity contribution in [1.82, 2.24) is 19.9 Å². The second-order valence-electron chi connectivity index (χ2n) is 5.96. The summed E-state index contributed by atoms with van der Waals surface area (Å²) in [6.45, 7) is 2.24. The van der Waals surface area contributed by atoms with Crippen molar-refractivity contribution in [1.29, 1.82) is 0 Å². The minimum absolute atomic E-state index is 0.0599. The molecule has 0 aliphatic carbocycles. The predicted octanol–water partition coefficient (Wildman–Crippen LogP) is 0.968. The summed E-state index contributed by atoms with van der Waals surface area (Å²) in [5, 5.41) is 27.6. The molecule has 1 aromatic heterocycles. The molecule has 2 atom stereocenters. The Morgan fingerprint density at radius 3 is 2.76 bits per heavy atom. The fourth-order valence-electron chi connectivity index (χ4n) is 2.85. The van der Waals surface area contributed by atoms with E-state index in [4.69, 9.17) is 5.11 Å². The molecule has 3 rings (SSSR count). The van der Waals surface area contributed by atoms with Crippen molar-refractivity contribution in [3.05, 3.63) is 46.3 Å². The molecule has 1 aliphatic rings. The normalized spacial score (nSPS) is 19.8. The third-order valence-electron chi connectivity index (χ3n) is 4.23. The first-order valence-corrected chi connectivity index (χ1v) is 7.56. The Bertz CT molecular complexity index is 848. The van der Waals surface area contributed by atoms with E-state index >= 15 is 0 Å². The van der Waals surface area contributed by atoms with E-state index in [0.29, 0.717) is 12.2 Å². The standard InChI is InChI=1S/C15H15N5O5/c1-9-6-18(7-12(9)15(22)23)14(21)13-8-19(17-16-13)10-3-2-4-11(5-10)20(24)25/h2-5,8-9,12H,6-7H2,1H3,(H,22,23)/t9-,12-/m1/s1. The zero-order chi connectivity index (χ0) is 18.1. The van der Waals surface area contributed by atoms with Crippen LogP contribution in [0.1, 0.15) is 17.4 Å². The van der Waals surface area contributed by atoms with Crippen LogP contribution >= 0.6 is 0 Å². The summed E-state index contributed by atoms with van der Waals surface area (Å²) in [5.41, 5.74) is 0.363. The van der Waals surface area contributed by atoms with Crippen LogP contribution in [0.15, 0.2) is 30.5 Å². The Labute approximate surface area is 141 Å². The number of likely N-dealkylation sites (tertiary alicyclic amines) is 1. The SMILES string of the molecule is C[C@@H]1CN(C(=O)c2cn(-c3cccc([N+](=O)[O-])c3)nn2)C[C@H]1C(=O)O. The molecule has 10 heteroatoms. The molecule has 2 aromatic rings. The van der Waals surface area contributed by atoms with Gasteiger partial charge in [0.1, 0.15) is 0 Å². The zero-order valence-corrected chi connectivity index (χ0v) is 13.3. The van der Waals surface area contributed by atoms with Crippen molar-refractivity contribution < 1.29 is 19.6 Å². The number of non-ortho nitro benzene ring substituents is 1. The highest BCUT2D eigenvalue weighted by Gasteiger charge is 2.37. The molecular formula is C15H15N5O5. The van der Waals surface area contributed by atoms with E-state index in [0.717, 1.165) is 0 Å². The van der Waals surface area contributed by atoms with Crippen molar-refractivity contribution in [3.8, 4) is 5.69 Å². The van der Waals surface area contributed by atoms with E-state index in [-0.39, 0.29) is 23.8 Å². The number of nitro groups is 1. The van der Waals surface area contributed by atoms with Gasteiger partial charge >= 0.3 is 5.97 Å². The Morgan fingerprint density at radius 2 is 2.12 bits per heavy atom. The van der Waals surface area contributed by atoms with E-state index in [1.165, 1.54) is 34.0 Å². The second-order valence-corrected chi connectivity index (χ2v) is 5.96. The fourth-order valence-corrected chi connectivity index (χ4v) is 2.85. The maximum atomic E-state index is 12.5. The lowest BCUT2D eigenvalue weighted by molar-refractivity contribution is -0.384. The Morgan fingerprint density at radius 1 is 1.36 bits per heavy atom. The van der Waals surface area contributed by atoms with Crippen molar-refractivity contribution in [2.24, 2.45) is 11.8 Å². The van der Waals surface area contributed by atoms with Gasteiger partial charge in [-0.2, -0.15) is 0 Å². The van der Waals surface area contributed by atoms with E-state index in [1.54, 1.807) is 13.0 Å². The van der Waals surface area contributed by atoms with Crippen LogP contribution in [0.5, 0.6) is 0 Å². The number of hydrogen-bond donors (Lipinski definition) is 1. The van der Waals surface area contributed by atoms with Crippen LogP contribution in [-0.2, 0) is 4.79 Å². The summed E-state index contributed by atoms with van der Waals surface area (Å²) in [6, 6.07) is 5.79. The van der Waals surface area contributed by atoms with Crippen LogP contribution in [0.2, 0.25) is 0 Å². The van der Waals surface area contributed by atoms with Gasteiger partial charge in [-0.1, -0.05) is 18.2 Å². The number of carbonyl (C=O) groups is 2. The quantitative estimate of drug-likeness (QED) is 0.645. The summed E-state index contributed by atoms with van der Waals surface area (Å²) in [4.78, 5) is 35.4. The highest BCUT2D eigenvalue weighted by molar-refractivity contribution is 5.92. The van der Waals surface area contributed by atoms with Crippen LogP contribution in [0.4, 0.5) is 5.69 Å². The van der Waals surface area contributed by atoms with E-state index in [2.05, 4.69) is 10.3 Å². The van der Waals surface area contributed by atoms with E-state index in [1.807, 2.05) is 0 Å². The van der Waals surface area contributed by atoms with Crippen molar-refractivity contribution in [2.45, 2.75) is 6.92 Å². The average Bonchev–Trinajstić information content (AvgIpc) is 3.21. The van der Waals surface area contributed by atoms with Gasteiger partial charge in [0, 0.05) is 25.2 Å². The molecule has 0 radical (unpaired) electrons. The summed E-state index contributed by atoms with van der Waals surface area (Å²) >= 11 is 0. The number of aliphatic carboxylic acids is 1. The van der Waals surface area contributed by atoms with Crippen molar-refractivity contribution >= 4 is 17.6 Å². The monoisotopic (exact) mass is 345 g/mol. The van der Waals surface area contributed by atoms with E-state index < -0.39 is 22.7 Å². The summed E-state index contributed by atoms with van der Waals surface area (Å²) in [6.07, 6.45) is 1.38. The number of hydrogen-bond acceptors (Lipinski definition) is 6. The third-order valence-corrected chi connectivity index (χ3v) is 4.23. The van der Waals surface area contributed by atoms with Crippen molar-refractivity contribution in [2.75, 3.05) is 13.1 Å². The molecular weight excluding hydrogens is 330 g/mol. The number of carbonyl (C=O) groups excluding carboxylic acids is 1. The second kappa shape index (κ2) is 6.30. The minimum atomic E-state index is -0.928. The highest BCUT2D eigenvalue weighted by atomic mass is 16.6. The largest absolute Gasteiger partial charge is 0.481 e. The van der Waals surface area contributed by atoms with Gasteiger partial charge in [0.05, 0.1) is 22.7 Å². The number of carboxylic acids is 1. The molecule has 1 aliphatic heterocycles. The highest BCUT2D eigenvalue weighted by Crippen LogP contribution is 2.24. The van der Waals surface area contributed by atoms with Gasteiger partial charge < -0.3 is 10.0 Å². The maximum absolute atomic E-state index is 12.5. The molecule has 1 fully saturated rings. The molecule has 130 valence electrons. The molecule has 0 unspecified atom stereocenters. The molecule has 1 amide bonds. The van der Waals surface area contributed by atoms with Crippen LogP contribution in [0, 0.1) is 22.0 Å². The van der Waals surface area contributed by atoms with Gasteiger partial charge in [-0.15, -0.1) is 5.10 Å². The van der Waals surface area contributed by atoms with Gasteiger partial charge in [-0.25, -0.2) is 4.68 Å². The molecule has 1 N–H and O–H groups in total. The molecule has 25 heavy (non-hydrogen) atoms. The van der Waals surface area contributed by atoms with Gasteiger partial charge in [0.15, 0.2) is 5.69 Å². The number of rotatable bonds is 4. The lowest BCUT2D eigenvalue weighted by atomic mass is 9.99. The zero-order valence-electron chi connectivity index (χ0n) is 13.3. The molecule has 1 saturated heterocycles. The van der Waals surface area contributed by atoms with Crippen molar-refractivity contribution in [3.63, 3.8) is 0 Å². The van der Waals surface area contributed by atoms with E-state index in [9.17, 15) is 19.7 Å². The first kappa shape index (κ1) is 16.6. The van der Waals surface area contributed by atoms with Crippen LogP contribution in [-0.4, -0.2) is 54.9 Å².